The Bertz CT molecular complexity index is 1190. The number of phenolic OH excluding ortho intramolecular Hbond substituents is 2. The maximum atomic E-state index is 12.7. The first-order valence-corrected chi connectivity index (χ1v) is 11.1. The van der Waals surface area contributed by atoms with Crippen molar-refractivity contribution < 1.29 is 32.7 Å². The molecular formula is C25H28F3N3O4. The normalized spacial score (nSPS) is 11.9. The van der Waals surface area contributed by atoms with E-state index >= 15 is 0 Å². The minimum atomic E-state index is -4.30. The van der Waals surface area contributed by atoms with Gasteiger partial charge in [-0.05, 0) is 42.6 Å². The van der Waals surface area contributed by atoms with E-state index in [-0.39, 0.29) is 41.0 Å². The lowest BCUT2D eigenvalue weighted by atomic mass is 9.94. The molecule has 3 rings (SSSR count). The van der Waals surface area contributed by atoms with Crippen LogP contribution in [0.5, 0.6) is 11.5 Å². The Kier molecular flexibility index (Phi) is 7.74. The maximum Gasteiger partial charge on any atom is 0.401 e. The summed E-state index contributed by atoms with van der Waals surface area (Å²) in [5, 5.41) is 27.4. The largest absolute Gasteiger partial charge is 0.508 e. The van der Waals surface area contributed by atoms with Crippen LogP contribution < -0.4 is 5.32 Å². The topological polar surface area (TPSA) is 98.8 Å². The van der Waals surface area contributed by atoms with Crippen molar-refractivity contribution in [2.24, 2.45) is 0 Å². The summed E-state index contributed by atoms with van der Waals surface area (Å²) >= 11 is 0. The van der Waals surface area contributed by atoms with Gasteiger partial charge in [0.25, 0.3) is 5.91 Å². The van der Waals surface area contributed by atoms with E-state index in [9.17, 15) is 28.2 Å². The summed E-state index contributed by atoms with van der Waals surface area (Å²) < 4.78 is 43.5. The van der Waals surface area contributed by atoms with Crippen molar-refractivity contribution in [1.82, 2.24) is 15.4 Å². The highest BCUT2D eigenvalue weighted by Gasteiger charge is 2.29. The zero-order chi connectivity index (χ0) is 25.9. The fourth-order valence-electron chi connectivity index (χ4n) is 3.83. The third kappa shape index (κ3) is 6.13. The third-order valence-corrected chi connectivity index (χ3v) is 5.40. The summed E-state index contributed by atoms with van der Waals surface area (Å²) in [7, 11) is 1.38. The Balaban J connectivity index is 2.07. The minimum absolute atomic E-state index is 0.00219. The SMILES string of the molecule is CCNC(=O)c1noc(-c2cc(C(C)C)c(O)cc2O)c1-c1ccc(CN(C)CC(F)(F)F)cc1. The number of hydrogen-bond acceptors (Lipinski definition) is 6. The van der Waals surface area contributed by atoms with E-state index in [2.05, 4.69) is 10.5 Å². The second-order valence-electron chi connectivity index (χ2n) is 8.66. The number of aromatic hydroxyl groups is 2. The summed E-state index contributed by atoms with van der Waals surface area (Å²) in [5.74, 6) is -0.728. The number of benzene rings is 2. The highest BCUT2D eigenvalue weighted by atomic mass is 19.4. The molecule has 0 aliphatic rings. The number of nitrogens with zero attached hydrogens (tertiary/aromatic N) is 2. The average Bonchev–Trinajstić information content (AvgIpc) is 3.18. The Morgan fingerprint density at radius 3 is 2.37 bits per heavy atom. The Hall–Kier alpha value is -3.53. The first-order chi connectivity index (χ1) is 16.4. The van der Waals surface area contributed by atoms with Crippen LogP contribution in [0.4, 0.5) is 13.2 Å². The Labute approximate surface area is 201 Å². The molecule has 0 radical (unpaired) electrons. The van der Waals surface area contributed by atoms with Gasteiger partial charge in [-0.15, -0.1) is 0 Å². The summed E-state index contributed by atoms with van der Waals surface area (Å²) in [5.41, 5.74) is 2.32. The number of amides is 1. The van der Waals surface area contributed by atoms with Crippen LogP contribution in [-0.4, -0.2) is 52.5 Å². The highest BCUT2D eigenvalue weighted by molar-refractivity contribution is 6.02. The van der Waals surface area contributed by atoms with Gasteiger partial charge >= 0.3 is 6.18 Å². The van der Waals surface area contributed by atoms with E-state index in [1.807, 2.05) is 13.8 Å². The number of phenols is 2. The van der Waals surface area contributed by atoms with Gasteiger partial charge in [-0.1, -0.05) is 43.3 Å². The molecule has 3 N–H and O–H groups in total. The maximum absolute atomic E-state index is 12.7. The van der Waals surface area contributed by atoms with E-state index < -0.39 is 18.6 Å². The molecule has 0 aliphatic carbocycles. The molecule has 35 heavy (non-hydrogen) atoms. The first kappa shape index (κ1) is 26.1. The zero-order valence-electron chi connectivity index (χ0n) is 19.9. The van der Waals surface area contributed by atoms with Crippen LogP contribution in [-0.2, 0) is 6.54 Å². The van der Waals surface area contributed by atoms with E-state index in [0.29, 0.717) is 28.8 Å². The van der Waals surface area contributed by atoms with Crippen molar-refractivity contribution in [3.05, 3.63) is 53.2 Å². The number of carbonyl (C=O) groups excluding carboxylic acids is 1. The molecule has 0 saturated carbocycles. The standard InChI is InChI=1S/C25H28F3N3O4/c1-5-29-24(34)22-21(16-8-6-15(7-9-16)12-31(4)13-25(26,27)28)23(35-30-22)18-10-17(14(2)3)19(32)11-20(18)33/h6-11,14,32-33H,5,12-13H2,1-4H3,(H,29,34). The molecule has 1 amide bonds. The molecule has 0 aliphatic heterocycles. The molecule has 3 aromatic rings. The van der Waals surface area contributed by atoms with E-state index in [0.717, 1.165) is 4.90 Å². The van der Waals surface area contributed by atoms with Gasteiger partial charge in [0, 0.05) is 19.2 Å². The molecular weight excluding hydrogens is 463 g/mol. The molecule has 1 aromatic heterocycles. The third-order valence-electron chi connectivity index (χ3n) is 5.40. The van der Waals surface area contributed by atoms with Crippen molar-refractivity contribution in [3.8, 4) is 33.9 Å². The van der Waals surface area contributed by atoms with Crippen LogP contribution >= 0.6 is 0 Å². The highest BCUT2D eigenvalue weighted by Crippen LogP contribution is 2.43. The molecule has 2 aromatic carbocycles. The van der Waals surface area contributed by atoms with Crippen molar-refractivity contribution in [2.75, 3.05) is 20.1 Å². The number of halogens is 3. The molecule has 1 heterocycles. The van der Waals surface area contributed by atoms with Gasteiger partial charge in [0.05, 0.1) is 17.7 Å². The molecule has 0 fully saturated rings. The molecule has 0 spiro atoms. The predicted molar refractivity (Wildman–Crippen MR) is 125 cm³/mol. The van der Waals surface area contributed by atoms with E-state index in [1.54, 1.807) is 37.3 Å². The lowest BCUT2D eigenvalue weighted by molar-refractivity contribution is -0.144. The Morgan fingerprint density at radius 2 is 1.80 bits per heavy atom. The van der Waals surface area contributed by atoms with Gasteiger partial charge < -0.3 is 20.1 Å². The van der Waals surface area contributed by atoms with Crippen LogP contribution in [0.15, 0.2) is 40.9 Å². The molecule has 0 atom stereocenters. The predicted octanol–water partition coefficient (Wildman–Crippen LogP) is 5.29. The van der Waals surface area contributed by atoms with Crippen LogP contribution in [0.1, 0.15) is 48.3 Å². The quantitative estimate of drug-likeness (QED) is 0.396. The number of aromatic nitrogens is 1. The first-order valence-electron chi connectivity index (χ1n) is 11.1. The van der Waals surface area contributed by atoms with Crippen LogP contribution in [0, 0.1) is 0 Å². The second kappa shape index (κ2) is 10.4. The van der Waals surface area contributed by atoms with Crippen LogP contribution in [0.3, 0.4) is 0 Å². The zero-order valence-corrected chi connectivity index (χ0v) is 19.9. The van der Waals surface area contributed by atoms with Crippen molar-refractivity contribution in [2.45, 2.75) is 39.4 Å². The van der Waals surface area contributed by atoms with Crippen molar-refractivity contribution in [1.29, 1.82) is 0 Å². The summed E-state index contributed by atoms with van der Waals surface area (Å²) in [6.07, 6.45) is -4.30. The van der Waals surface area contributed by atoms with Gasteiger partial charge in [-0.3, -0.25) is 9.69 Å². The van der Waals surface area contributed by atoms with Gasteiger partial charge in [0.1, 0.15) is 11.5 Å². The van der Waals surface area contributed by atoms with E-state index in [4.69, 9.17) is 4.52 Å². The van der Waals surface area contributed by atoms with Crippen LogP contribution in [0.2, 0.25) is 0 Å². The van der Waals surface area contributed by atoms with Gasteiger partial charge in [0.15, 0.2) is 11.5 Å². The molecule has 0 bridgehead atoms. The second-order valence-corrected chi connectivity index (χ2v) is 8.66. The van der Waals surface area contributed by atoms with Crippen LogP contribution in [0.25, 0.3) is 22.5 Å². The molecule has 0 unspecified atom stereocenters. The summed E-state index contributed by atoms with van der Waals surface area (Å²) in [6, 6.07) is 9.45. The molecule has 0 saturated heterocycles. The fraction of sp³-hybridized carbons (Fsp3) is 0.360. The number of alkyl halides is 3. The molecule has 188 valence electrons. The molecule has 10 heteroatoms. The Morgan fingerprint density at radius 1 is 1.14 bits per heavy atom. The summed E-state index contributed by atoms with van der Waals surface area (Å²) in [4.78, 5) is 13.8. The van der Waals surface area contributed by atoms with Gasteiger partial charge in [-0.25, -0.2) is 0 Å². The average molecular weight is 492 g/mol. The lowest BCUT2D eigenvalue weighted by Crippen LogP contribution is -2.30. The number of hydrogen-bond donors (Lipinski definition) is 3. The monoisotopic (exact) mass is 491 g/mol. The lowest BCUT2D eigenvalue weighted by Gasteiger charge is -2.18. The van der Waals surface area contributed by atoms with Crippen molar-refractivity contribution in [3.63, 3.8) is 0 Å². The smallest absolute Gasteiger partial charge is 0.401 e. The van der Waals surface area contributed by atoms with E-state index in [1.165, 1.54) is 13.1 Å². The summed E-state index contributed by atoms with van der Waals surface area (Å²) in [6.45, 7) is 4.91. The minimum Gasteiger partial charge on any atom is -0.508 e. The number of nitrogens with one attached hydrogen (secondary N) is 1. The molecule has 7 nitrogen and oxygen atoms in total. The van der Waals surface area contributed by atoms with Gasteiger partial charge in [0.2, 0.25) is 0 Å². The van der Waals surface area contributed by atoms with Gasteiger partial charge in [-0.2, -0.15) is 13.2 Å². The van der Waals surface area contributed by atoms with Crippen molar-refractivity contribution >= 4 is 5.91 Å². The fourth-order valence-corrected chi connectivity index (χ4v) is 3.83. The number of rotatable bonds is 8. The number of carbonyl (C=O) groups is 1.